The van der Waals surface area contributed by atoms with Crippen molar-refractivity contribution >= 4 is 33.6 Å². The fourth-order valence-corrected chi connectivity index (χ4v) is 2.18. The second kappa shape index (κ2) is 6.15. The highest BCUT2D eigenvalue weighted by atomic mass is 79.9. The molecule has 0 spiro atoms. The van der Waals surface area contributed by atoms with E-state index in [1.807, 2.05) is 24.3 Å². The molecule has 1 amide bonds. The van der Waals surface area contributed by atoms with Crippen LogP contribution in [0.15, 0.2) is 33.6 Å². The van der Waals surface area contributed by atoms with Crippen molar-refractivity contribution in [1.82, 2.24) is 0 Å². The number of nitrogens with two attached hydrogens (primary N) is 2. The van der Waals surface area contributed by atoms with Crippen molar-refractivity contribution < 1.29 is 4.79 Å². The van der Waals surface area contributed by atoms with Crippen molar-refractivity contribution in [2.45, 2.75) is 17.4 Å². The lowest BCUT2D eigenvalue weighted by atomic mass is 10.2. The van der Waals surface area contributed by atoms with Crippen LogP contribution in [-0.2, 0) is 4.79 Å². The monoisotopic (exact) mass is 288 g/mol. The summed E-state index contributed by atoms with van der Waals surface area (Å²) in [6.45, 7) is 0. The van der Waals surface area contributed by atoms with E-state index in [9.17, 15) is 4.79 Å². The van der Waals surface area contributed by atoms with E-state index in [-0.39, 0.29) is 0 Å². The molecule has 0 fully saturated rings. The van der Waals surface area contributed by atoms with Crippen LogP contribution >= 0.6 is 27.7 Å². The summed E-state index contributed by atoms with van der Waals surface area (Å²) in [7, 11) is 0. The third-order valence-electron chi connectivity index (χ3n) is 1.88. The van der Waals surface area contributed by atoms with Gasteiger partial charge in [-0.1, -0.05) is 15.9 Å². The molecule has 1 aromatic carbocycles. The van der Waals surface area contributed by atoms with E-state index in [2.05, 4.69) is 15.9 Å². The Morgan fingerprint density at radius 2 is 2.00 bits per heavy atom. The van der Waals surface area contributed by atoms with Gasteiger partial charge in [0.2, 0.25) is 5.91 Å². The minimum atomic E-state index is -0.534. The lowest BCUT2D eigenvalue weighted by Crippen LogP contribution is -2.36. The second-order valence-electron chi connectivity index (χ2n) is 3.10. The SMILES string of the molecule is NC(=O)C(N)CCSc1ccc(Br)cc1. The molecule has 0 saturated heterocycles. The Morgan fingerprint density at radius 1 is 1.40 bits per heavy atom. The average Bonchev–Trinajstić information content (AvgIpc) is 2.20. The maximum absolute atomic E-state index is 10.7. The number of benzene rings is 1. The zero-order valence-corrected chi connectivity index (χ0v) is 10.6. The van der Waals surface area contributed by atoms with Gasteiger partial charge in [0.1, 0.15) is 0 Å². The zero-order chi connectivity index (χ0) is 11.3. The van der Waals surface area contributed by atoms with Crippen LogP contribution in [0.1, 0.15) is 6.42 Å². The molecule has 1 unspecified atom stereocenters. The molecular weight excluding hydrogens is 276 g/mol. The summed E-state index contributed by atoms with van der Waals surface area (Å²) >= 11 is 5.03. The number of thioether (sulfide) groups is 1. The quantitative estimate of drug-likeness (QED) is 0.811. The molecule has 5 heteroatoms. The van der Waals surface area contributed by atoms with Crippen LogP contribution in [-0.4, -0.2) is 17.7 Å². The number of rotatable bonds is 5. The topological polar surface area (TPSA) is 69.1 Å². The van der Waals surface area contributed by atoms with Gasteiger partial charge in [-0.2, -0.15) is 0 Å². The fourth-order valence-electron chi connectivity index (χ4n) is 0.977. The largest absolute Gasteiger partial charge is 0.368 e. The van der Waals surface area contributed by atoms with Gasteiger partial charge in [-0.05, 0) is 36.4 Å². The van der Waals surface area contributed by atoms with Crippen LogP contribution in [0.2, 0.25) is 0 Å². The lowest BCUT2D eigenvalue weighted by Gasteiger charge is -2.06. The van der Waals surface area contributed by atoms with Gasteiger partial charge in [0.15, 0.2) is 0 Å². The zero-order valence-electron chi connectivity index (χ0n) is 8.15. The Bertz CT molecular complexity index is 329. The molecule has 0 heterocycles. The van der Waals surface area contributed by atoms with Crippen LogP contribution in [0.4, 0.5) is 0 Å². The van der Waals surface area contributed by atoms with Gasteiger partial charge in [-0.25, -0.2) is 0 Å². The summed E-state index contributed by atoms with van der Waals surface area (Å²) in [5.74, 6) is 0.359. The van der Waals surface area contributed by atoms with Crippen molar-refractivity contribution in [2.24, 2.45) is 11.5 Å². The van der Waals surface area contributed by atoms with Crippen molar-refractivity contribution in [3.05, 3.63) is 28.7 Å². The number of carbonyl (C=O) groups is 1. The van der Waals surface area contributed by atoms with Crippen molar-refractivity contribution in [2.75, 3.05) is 5.75 Å². The predicted molar refractivity (Wildman–Crippen MR) is 66.7 cm³/mol. The molecule has 0 radical (unpaired) electrons. The number of primary amides is 1. The number of hydrogen-bond donors (Lipinski definition) is 2. The minimum Gasteiger partial charge on any atom is -0.368 e. The van der Waals surface area contributed by atoms with E-state index < -0.39 is 11.9 Å². The molecule has 4 N–H and O–H groups in total. The molecule has 3 nitrogen and oxygen atoms in total. The van der Waals surface area contributed by atoms with Gasteiger partial charge < -0.3 is 11.5 Å². The van der Waals surface area contributed by atoms with E-state index in [0.29, 0.717) is 6.42 Å². The highest BCUT2D eigenvalue weighted by Gasteiger charge is 2.08. The maximum atomic E-state index is 10.7. The van der Waals surface area contributed by atoms with E-state index in [1.165, 1.54) is 0 Å². The molecule has 0 aromatic heterocycles. The van der Waals surface area contributed by atoms with Gasteiger partial charge in [0.25, 0.3) is 0 Å². The second-order valence-corrected chi connectivity index (χ2v) is 5.18. The first-order chi connectivity index (χ1) is 7.09. The Hall–Kier alpha value is -0.520. The number of carbonyl (C=O) groups excluding carboxylic acids is 1. The van der Waals surface area contributed by atoms with Crippen molar-refractivity contribution in [3.8, 4) is 0 Å². The van der Waals surface area contributed by atoms with E-state index >= 15 is 0 Å². The highest BCUT2D eigenvalue weighted by molar-refractivity contribution is 9.10. The summed E-state index contributed by atoms with van der Waals surface area (Å²) in [5.41, 5.74) is 10.6. The normalized spacial score (nSPS) is 12.4. The number of amides is 1. The standard InChI is InChI=1S/C10H13BrN2OS/c11-7-1-3-8(4-2-7)15-6-5-9(12)10(13)14/h1-4,9H,5-6,12H2,(H2,13,14). The van der Waals surface area contributed by atoms with Gasteiger partial charge >= 0.3 is 0 Å². The molecular formula is C10H13BrN2OS. The van der Waals surface area contributed by atoms with Gasteiger partial charge in [-0.3, -0.25) is 4.79 Å². The maximum Gasteiger partial charge on any atom is 0.234 e. The summed E-state index contributed by atoms with van der Waals surface area (Å²) in [5, 5.41) is 0. The molecule has 1 atom stereocenters. The molecule has 1 aromatic rings. The molecule has 0 aliphatic rings. The highest BCUT2D eigenvalue weighted by Crippen LogP contribution is 2.21. The van der Waals surface area contributed by atoms with Gasteiger partial charge in [0, 0.05) is 9.37 Å². The van der Waals surface area contributed by atoms with Gasteiger partial charge in [-0.15, -0.1) is 11.8 Å². The first-order valence-corrected chi connectivity index (χ1v) is 6.30. The summed E-state index contributed by atoms with van der Waals surface area (Å²) < 4.78 is 1.06. The fraction of sp³-hybridized carbons (Fsp3) is 0.300. The molecule has 0 aliphatic heterocycles. The van der Waals surface area contributed by atoms with Crippen LogP contribution in [0.3, 0.4) is 0 Å². The van der Waals surface area contributed by atoms with Gasteiger partial charge in [0.05, 0.1) is 6.04 Å². The summed E-state index contributed by atoms with van der Waals surface area (Å²) in [6, 6.07) is 7.47. The molecule has 82 valence electrons. The predicted octanol–water partition coefficient (Wildman–Crippen LogP) is 1.74. The smallest absolute Gasteiger partial charge is 0.234 e. The molecule has 15 heavy (non-hydrogen) atoms. The van der Waals surface area contributed by atoms with E-state index in [1.54, 1.807) is 11.8 Å². The Balaban J connectivity index is 2.32. The van der Waals surface area contributed by atoms with E-state index in [0.717, 1.165) is 15.1 Å². The van der Waals surface area contributed by atoms with Crippen LogP contribution in [0.5, 0.6) is 0 Å². The van der Waals surface area contributed by atoms with E-state index in [4.69, 9.17) is 11.5 Å². The summed E-state index contributed by atoms with van der Waals surface area (Å²) in [4.78, 5) is 11.8. The van der Waals surface area contributed by atoms with Crippen molar-refractivity contribution in [3.63, 3.8) is 0 Å². The Morgan fingerprint density at radius 3 is 2.53 bits per heavy atom. The van der Waals surface area contributed by atoms with Crippen LogP contribution < -0.4 is 11.5 Å². The minimum absolute atomic E-state index is 0.439. The first-order valence-electron chi connectivity index (χ1n) is 4.53. The first kappa shape index (κ1) is 12.5. The summed E-state index contributed by atoms with van der Waals surface area (Å²) in [6.07, 6.45) is 0.607. The molecule has 0 aliphatic carbocycles. The Kier molecular flexibility index (Phi) is 5.14. The van der Waals surface area contributed by atoms with Crippen molar-refractivity contribution in [1.29, 1.82) is 0 Å². The van der Waals surface area contributed by atoms with Crippen LogP contribution in [0.25, 0.3) is 0 Å². The van der Waals surface area contributed by atoms with Crippen LogP contribution in [0, 0.1) is 0 Å². The lowest BCUT2D eigenvalue weighted by molar-refractivity contribution is -0.119. The molecule has 0 saturated carbocycles. The third-order valence-corrected chi connectivity index (χ3v) is 3.45. The third kappa shape index (κ3) is 4.68. The number of halogens is 1. The number of hydrogen-bond acceptors (Lipinski definition) is 3. The average molecular weight is 289 g/mol. The molecule has 0 bridgehead atoms. The molecule has 1 rings (SSSR count). The Labute approximate surface area is 102 Å².